The van der Waals surface area contributed by atoms with Crippen molar-refractivity contribution in [1.82, 2.24) is 88.7 Å². The molecule has 6 atom stereocenters. The SMILES string of the molecule is C.C.CN(CCCC#Cc1ccc2c(c1)[nH]c(=O)n2C1CCC(=O)NC1=O)CC1CCC(n2cc(NC(=O)c3cnn4ccc(N5C[C@H]6C[C@@H]5CO6)nc34)c(C(F)F)n2)CC1.O=C1CCC(n2c(=O)[nH]c3cc(C#CCCCNCC4CCC(n5cc(NC(=O)c6cnn7ccc(N8C[C@H]9C[C@@H]8CO9)nc67)c(C(F)F)n5)CC4)ccc32)C(=O)N1. The van der Waals surface area contributed by atoms with Crippen LogP contribution in [0.5, 0.6) is 0 Å². The van der Waals surface area contributed by atoms with Gasteiger partial charge in [0.1, 0.15) is 34.8 Å². The summed E-state index contributed by atoms with van der Waals surface area (Å²) in [5, 5.41) is 30.5. The van der Waals surface area contributed by atoms with Crippen molar-refractivity contribution >= 4 is 91.8 Å². The average Bonchev–Trinajstić information content (AvgIpc) is 1.66. The number of unbranched alkanes of at least 4 members (excludes halogenated alkanes) is 2. The van der Waals surface area contributed by atoms with Crippen LogP contribution in [-0.4, -0.2) is 192 Å². The molecule has 4 bridgehead atoms. The number of rotatable bonds is 22. The fourth-order valence-corrected chi connectivity index (χ4v) is 17.8. The molecule has 0 spiro atoms. The van der Waals surface area contributed by atoms with Crippen LogP contribution in [0.2, 0.25) is 0 Å². The first-order valence-electron chi connectivity index (χ1n) is 40.1. The topological polar surface area (TPSA) is 362 Å². The predicted molar refractivity (Wildman–Crippen MR) is 433 cm³/mol. The van der Waals surface area contributed by atoms with Gasteiger partial charge in [-0.15, -0.1) is 0 Å². The monoisotopic (exact) mass is 1640 g/mol. The molecule has 626 valence electrons. The van der Waals surface area contributed by atoms with E-state index < -0.39 is 71.3 Å². The molecule has 6 saturated heterocycles. The molecular weight excluding hydrogens is 1540 g/mol. The number of hydrogen-bond donors (Lipinski definition) is 7. The molecule has 8 fully saturated rings. The molecule has 8 aromatic heterocycles. The molecule has 36 heteroatoms. The highest BCUT2D eigenvalue weighted by molar-refractivity contribution is 6.09. The minimum absolute atomic E-state index is 0. The molecule has 10 aromatic rings. The van der Waals surface area contributed by atoms with Gasteiger partial charge in [-0.1, -0.05) is 38.5 Å². The quantitative estimate of drug-likeness (QED) is 0.0144. The number of benzene rings is 2. The Hall–Kier alpha value is -11.9. The standard InChI is InChI=1S/C41H45F2N11O5.C40H43F2N11O5.2CH4/c1-50(15-4-2-3-5-24-8-11-32-30(17-24)46-41(58)54(32)33-12-13-35(55)48-40(33)57)20-25-6-9-26(10-7-25)53-22-31(36(49-53)37(42)43)45-39(56)29-19-44-52-16-14-34(47-38(29)52)51-21-28-18-27(51)23-59-28;41-36(42)35-30(45-38(55)28-19-44-51-15-13-33(47-37(28)51)50-20-27-17-26(50)22-58-27)21-52(49-35)25-8-5-24(6-9-25)18-43-14-3-1-2-4-23-7-10-31-29(16-23)46-40(57)53(31)32-11-12-34(54)48-39(32)56;;/h8,11,14,16-17,19,22,25-28,33,37H,2,4,6-7,9-10,12-13,15,18,20-21,23H2,1H3,(H,45,56)(H,46,58)(H,48,55,57);7,10,13,15-16,19,21,24-27,32,36,43H,1,3,5-6,8-9,11-12,14,17-18,20,22H2,(H,45,55)(H,46,57)(H,48,54,56);2*1H4/t25?,26?,27-,28-,33?;24?,25?,26-,27-,32?;;/m11../s1. The molecule has 18 rings (SSSR count). The number of piperidine rings is 2. The van der Waals surface area contributed by atoms with Crippen molar-refractivity contribution in [2.75, 3.05) is 80.0 Å². The molecule has 14 heterocycles. The van der Waals surface area contributed by atoms with Gasteiger partial charge in [0, 0.05) is 81.2 Å². The van der Waals surface area contributed by atoms with Crippen LogP contribution in [0.1, 0.15) is 211 Å². The number of nitrogens with zero attached hydrogens (tertiary/aromatic N) is 15. The molecule has 2 unspecified atom stereocenters. The molecule has 0 radical (unpaired) electrons. The van der Waals surface area contributed by atoms with Crippen LogP contribution in [-0.2, 0) is 28.7 Å². The Morgan fingerprint density at radius 2 is 1.05 bits per heavy atom. The zero-order valence-electron chi connectivity index (χ0n) is 64.2. The first-order chi connectivity index (χ1) is 56.7. The third kappa shape index (κ3) is 17.5. The molecule has 119 heavy (non-hydrogen) atoms. The fourth-order valence-electron chi connectivity index (χ4n) is 17.8. The number of nitrogens with one attached hydrogen (secondary N) is 7. The number of aromatic nitrogens is 14. The Balaban J connectivity index is 0.000000183. The van der Waals surface area contributed by atoms with Gasteiger partial charge in [0.2, 0.25) is 23.6 Å². The van der Waals surface area contributed by atoms with E-state index in [0.29, 0.717) is 71.3 Å². The largest absolute Gasteiger partial charge is 0.374 e. The lowest BCUT2D eigenvalue weighted by molar-refractivity contribution is -0.137. The van der Waals surface area contributed by atoms with Crippen LogP contribution in [0.15, 0.2) is 95.3 Å². The number of morpholine rings is 2. The van der Waals surface area contributed by atoms with Gasteiger partial charge in [0.05, 0.1) is 95.4 Å². The second kappa shape index (κ2) is 35.4. The van der Waals surface area contributed by atoms with E-state index in [9.17, 15) is 55.9 Å². The highest BCUT2D eigenvalue weighted by Gasteiger charge is 2.42. The highest BCUT2D eigenvalue weighted by atomic mass is 19.3. The molecule has 6 aliphatic heterocycles. The smallest absolute Gasteiger partial charge is 0.327 e. The molecule has 8 aliphatic rings. The minimum atomic E-state index is -2.86. The summed E-state index contributed by atoms with van der Waals surface area (Å²) in [5.41, 5.74) is 3.17. The van der Waals surface area contributed by atoms with Gasteiger partial charge in [-0.05, 0) is 177 Å². The van der Waals surface area contributed by atoms with Crippen molar-refractivity contribution in [2.45, 2.75) is 192 Å². The van der Waals surface area contributed by atoms with E-state index in [2.05, 4.69) is 102 Å². The van der Waals surface area contributed by atoms with Gasteiger partial charge in [0.25, 0.3) is 24.7 Å². The summed E-state index contributed by atoms with van der Waals surface area (Å²) in [6.07, 6.45) is 16.7. The Labute approximate surface area is 680 Å². The molecule has 7 N–H and O–H groups in total. The van der Waals surface area contributed by atoms with Crippen molar-refractivity contribution in [1.29, 1.82) is 0 Å². The molecule has 2 saturated carbocycles. The zero-order valence-corrected chi connectivity index (χ0v) is 64.2. The number of fused-ring (bicyclic) bond motifs is 8. The molecule has 2 aromatic carbocycles. The van der Waals surface area contributed by atoms with Gasteiger partial charge in [0.15, 0.2) is 22.7 Å². The Kier molecular flexibility index (Phi) is 24.4. The van der Waals surface area contributed by atoms with Crippen molar-refractivity contribution in [3.8, 4) is 23.7 Å². The molecular formula is C83H96F4N22O10. The van der Waals surface area contributed by atoms with Gasteiger partial charge in [-0.25, -0.2) is 46.1 Å². The second-order valence-corrected chi connectivity index (χ2v) is 31.7. The number of imidazole rings is 2. The highest BCUT2D eigenvalue weighted by Crippen LogP contribution is 2.40. The van der Waals surface area contributed by atoms with E-state index in [0.717, 1.165) is 139 Å². The van der Waals surface area contributed by atoms with Crippen LogP contribution in [0, 0.1) is 35.5 Å². The maximum atomic E-state index is 14.2. The Morgan fingerprint density at radius 1 is 0.588 bits per heavy atom. The lowest BCUT2D eigenvalue weighted by Crippen LogP contribution is -2.43. The normalized spacial score (nSPS) is 22.7. The summed E-state index contributed by atoms with van der Waals surface area (Å²) >= 11 is 0. The summed E-state index contributed by atoms with van der Waals surface area (Å²) in [6, 6.07) is 13.4. The third-order valence-electron chi connectivity index (χ3n) is 23.8. The minimum Gasteiger partial charge on any atom is -0.374 e. The number of ether oxygens (including phenoxy) is 2. The number of carbonyl (C=O) groups is 6. The number of alkyl halides is 4. The van der Waals surface area contributed by atoms with Crippen molar-refractivity contribution in [2.24, 2.45) is 11.8 Å². The van der Waals surface area contributed by atoms with Crippen molar-refractivity contribution < 1.29 is 55.8 Å². The molecule has 32 nitrogen and oxygen atoms in total. The Morgan fingerprint density at radius 3 is 1.49 bits per heavy atom. The number of hydrogen-bond acceptors (Lipinski definition) is 20. The van der Waals surface area contributed by atoms with Crippen molar-refractivity contribution in [3.63, 3.8) is 0 Å². The predicted octanol–water partition coefficient (Wildman–Crippen LogP) is 9.35. The maximum Gasteiger partial charge on any atom is 0.327 e. The molecule has 2 aliphatic carbocycles. The van der Waals surface area contributed by atoms with Crippen LogP contribution in [0.4, 0.5) is 40.6 Å². The van der Waals surface area contributed by atoms with Gasteiger partial charge in [-0.3, -0.25) is 57.9 Å². The summed E-state index contributed by atoms with van der Waals surface area (Å²) in [4.78, 5) is 122. The second-order valence-electron chi connectivity index (χ2n) is 31.7. The fraction of sp³-hybridized carbons (Fsp3) is 0.494. The lowest BCUT2D eigenvalue weighted by atomic mass is 9.86. The van der Waals surface area contributed by atoms with Gasteiger partial charge >= 0.3 is 11.4 Å². The molecule has 6 amide bonds. The number of carbonyl (C=O) groups excluding carboxylic acids is 6. The van der Waals surface area contributed by atoms with Crippen LogP contribution in [0.25, 0.3) is 33.4 Å². The summed E-state index contributed by atoms with van der Waals surface area (Å²) in [5.74, 6) is 12.3. The number of halogens is 4. The van der Waals surface area contributed by atoms with E-state index in [4.69, 9.17) is 19.4 Å². The van der Waals surface area contributed by atoms with Crippen LogP contribution in [0.3, 0.4) is 0 Å². The first-order valence-corrected chi connectivity index (χ1v) is 40.1. The lowest BCUT2D eigenvalue weighted by Gasteiger charge is -2.31. The number of aromatic amines is 2. The number of anilines is 4. The number of imide groups is 2. The maximum absolute atomic E-state index is 14.2. The van der Waals surface area contributed by atoms with E-state index in [1.165, 1.54) is 43.0 Å². The van der Waals surface area contributed by atoms with Crippen LogP contribution >= 0.6 is 0 Å². The van der Waals surface area contributed by atoms with E-state index in [1.807, 2.05) is 24.3 Å². The van der Waals surface area contributed by atoms with Crippen LogP contribution < -0.4 is 47.8 Å². The summed E-state index contributed by atoms with van der Waals surface area (Å²) < 4.78 is 77.2. The van der Waals surface area contributed by atoms with Gasteiger partial charge < -0.3 is 50.1 Å². The van der Waals surface area contributed by atoms with Gasteiger partial charge in [-0.2, -0.15) is 20.4 Å². The summed E-state index contributed by atoms with van der Waals surface area (Å²) in [6.45, 7) is 6.18. The first kappa shape index (κ1) is 82.2. The van der Waals surface area contributed by atoms with Crippen molar-refractivity contribution in [3.05, 3.63) is 140 Å². The van der Waals surface area contributed by atoms with E-state index in [1.54, 1.807) is 46.0 Å². The number of amides is 6. The Bertz CT molecular complexity index is 5740. The number of H-pyrrole nitrogens is 2. The summed E-state index contributed by atoms with van der Waals surface area (Å²) in [7, 11) is 2.10. The van der Waals surface area contributed by atoms with E-state index >= 15 is 0 Å². The zero-order chi connectivity index (χ0) is 80.7. The van der Waals surface area contributed by atoms with E-state index in [-0.39, 0.29) is 111 Å². The third-order valence-corrected chi connectivity index (χ3v) is 23.8. The average molecular weight is 1640 g/mol.